The van der Waals surface area contributed by atoms with Crippen LogP contribution in [0, 0.1) is 6.92 Å². The highest BCUT2D eigenvalue weighted by atomic mass is 32.1. The van der Waals surface area contributed by atoms with Crippen LogP contribution in [0.5, 0.6) is 0 Å². The molecule has 0 aliphatic heterocycles. The van der Waals surface area contributed by atoms with Crippen LogP contribution in [0.15, 0.2) is 30.4 Å². The molecule has 0 saturated heterocycles. The minimum Gasteiger partial charge on any atom is -0.349 e. The molecule has 0 aromatic carbocycles. The van der Waals surface area contributed by atoms with Crippen molar-refractivity contribution >= 4 is 23.3 Å². The highest BCUT2D eigenvalue weighted by Crippen LogP contribution is 2.16. The Labute approximate surface area is 94.3 Å². The molecule has 0 radical (unpaired) electrons. The van der Waals surface area contributed by atoms with E-state index in [2.05, 4.69) is 11.9 Å². The smallest absolute Gasteiger partial charge is 0.244 e. The number of aryl methyl sites for hydroxylation is 1. The molecule has 0 atom stereocenters. The molecule has 0 unspecified atom stereocenters. The van der Waals surface area contributed by atoms with E-state index in [0.29, 0.717) is 6.54 Å². The molecule has 1 aromatic heterocycles. The first kappa shape index (κ1) is 11.7. The summed E-state index contributed by atoms with van der Waals surface area (Å²) >= 11 is 1.67. The van der Waals surface area contributed by atoms with Gasteiger partial charge in [-0.1, -0.05) is 12.2 Å². The zero-order valence-electron chi connectivity index (χ0n) is 9.04. The van der Waals surface area contributed by atoms with Crippen LogP contribution in [0.2, 0.25) is 0 Å². The van der Waals surface area contributed by atoms with Gasteiger partial charge in [-0.15, -0.1) is 11.3 Å². The summed E-state index contributed by atoms with van der Waals surface area (Å²) in [6.45, 7) is 8.17. The van der Waals surface area contributed by atoms with Crippen molar-refractivity contribution in [2.75, 3.05) is 6.54 Å². The van der Waals surface area contributed by atoms with E-state index in [1.165, 1.54) is 4.88 Å². The molecule has 15 heavy (non-hydrogen) atoms. The van der Waals surface area contributed by atoms with Crippen LogP contribution in [0.4, 0.5) is 0 Å². The Morgan fingerprint density at radius 1 is 1.60 bits per heavy atom. The molecule has 1 rings (SSSR count). The lowest BCUT2D eigenvalue weighted by Crippen LogP contribution is -2.22. The predicted octanol–water partition coefficient (Wildman–Crippen LogP) is 2.76. The Hall–Kier alpha value is -1.35. The van der Waals surface area contributed by atoms with Gasteiger partial charge in [0.15, 0.2) is 0 Å². The minimum absolute atomic E-state index is 0.0796. The van der Waals surface area contributed by atoms with Gasteiger partial charge in [-0.2, -0.15) is 0 Å². The molecular weight excluding hydrogens is 206 g/mol. The van der Waals surface area contributed by atoms with E-state index in [0.717, 1.165) is 10.5 Å². The highest BCUT2D eigenvalue weighted by Gasteiger charge is 1.95. The molecule has 80 valence electrons. The third kappa shape index (κ3) is 4.61. The molecule has 3 heteroatoms. The maximum atomic E-state index is 11.3. The third-order valence-electron chi connectivity index (χ3n) is 1.72. The molecule has 1 N–H and O–H groups in total. The second-order valence-corrected chi connectivity index (χ2v) is 4.78. The van der Waals surface area contributed by atoms with Gasteiger partial charge >= 0.3 is 0 Å². The van der Waals surface area contributed by atoms with Gasteiger partial charge in [0.1, 0.15) is 0 Å². The van der Waals surface area contributed by atoms with Crippen LogP contribution in [-0.2, 0) is 4.79 Å². The molecule has 0 bridgehead atoms. The first-order valence-corrected chi connectivity index (χ1v) is 5.56. The van der Waals surface area contributed by atoms with E-state index in [1.54, 1.807) is 17.4 Å². The molecule has 0 fully saturated rings. The molecule has 1 amide bonds. The van der Waals surface area contributed by atoms with E-state index < -0.39 is 0 Å². The van der Waals surface area contributed by atoms with Crippen LogP contribution in [0.25, 0.3) is 6.08 Å². The van der Waals surface area contributed by atoms with Gasteiger partial charge in [-0.25, -0.2) is 0 Å². The lowest BCUT2D eigenvalue weighted by Gasteiger charge is -1.99. The molecule has 1 heterocycles. The van der Waals surface area contributed by atoms with Crippen molar-refractivity contribution in [3.8, 4) is 0 Å². The number of nitrogens with one attached hydrogen (secondary N) is 1. The number of hydrogen-bond acceptors (Lipinski definition) is 2. The second kappa shape index (κ2) is 5.51. The summed E-state index contributed by atoms with van der Waals surface area (Å²) in [5, 5.41) is 2.74. The molecule has 0 aliphatic carbocycles. The number of thiophene rings is 1. The third-order valence-corrected chi connectivity index (χ3v) is 2.69. The normalized spacial score (nSPS) is 10.5. The van der Waals surface area contributed by atoms with E-state index in [1.807, 2.05) is 32.1 Å². The topological polar surface area (TPSA) is 29.1 Å². The minimum atomic E-state index is -0.0796. The predicted molar refractivity (Wildman–Crippen MR) is 65.9 cm³/mol. The van der Waals surface area contributed by atoms with Crippen molar-refractivity contribution in [3.05, 3.63) is 40.1 Å². The largest absolute Gasteiger partial charge is 0.349 e. The van der Waals surface area contributed by atoms with Crippen LogP contribution in [-0.4, -0.2) is 12.5 Å². The number of amides is 1. The SMILES string of the molecule is C=C(C)CNC(=O)/C=C/c1ccc(C)s1. The van der Waals surface area contributed by atoms with Crippen molar-refractivity contribution in [1.82, 2.24) is 5.32 Å². The maximum Gasteiger partial charge on any atom is 0.244 e. The first-order valence-electron chi connectivity index (χ1n) is 4.74. The Kier molecular flexibility index (Phi) is 4.31. The molecule has 0 aliphatic rings. The second-order valence-electron chi connectivity index (χ2n) is 3.46. The summed E-state index contributed by atoms with van der Waals surface area (Å²) in [5.74, 6) is -0.0796. The lowest BCUT2D eigenvalue weighted by atomic mass is 10.3. The quantitative estimate of drug-likeness (QED) is 0.614. The lowest BCUT2D eigenvalue weighted by molar-refractivity contribution is -0.116. The van der Waals surface area contributed by atoms with Gasteiger partial charge in [0.05, 0.1) is 0 Å². The van der Waals surface area contributed by atoms with Crippen molar-refractivity contribution in [1.29, 1.82) is 0 Å². The Morgan fingerprint density at radius 3 is 2.87 bits per heavy atom. The summed E-state index contributed by atoms with van der Waals surface area (Å²) in [6, 6.07) is 4.04. The van der Waals surface area contributed by atoms with E-state index in [4.69, 9.17) is 0 Å². The Balaban J connectivity index is 2.44. The zero-order chi connectivity index (χ0) is 11.3. The molecular formula is C12H15NOS. The van der Waals surface area contributed by atoms with Gasteiger partial charge in [-0.05, 0) is 32.1 Å². The van der Waals surface area contributed by atoms with Gasteiger partial charge in [-0.3, -0.25) is 4.79 Å². The Morgan fingerprint density at radius 2 is 2.33 bits per heavy atom. The fourth-order valence-electron chi connectivity index (χ4n) is 0.998. The van der Waals surface area contributed by atoms with Crippen LogP contribution < -0.4 is 5.32 Å². The van der Waals surface area contributed by atoms with E-state index in [9.17, 15) is 4.79 Å². The summed E-state index contributed by atoms with van der Waals surface area (Å²) in [5.41, 5.74) is 0.948. The van der Waals surface area contributed by atoms with Crippen LogP contribution in [0.1, 0.15) is 16.7 Å². The summed E-state index contributed by atoms with van der Waals surface area (Å²) in [7, 11) is 0. The van der Waals surface area contributed by atoms with Crippen molar-refractivity contribution in [2.45, 2.75) is 13.8 Å². The highest BCUT2D eigenvalue weighted by molar-refractivity contribution is 7.12. The van der Waals surface area contributed by atoms with Gasteiger partial charge in [0.2, 0.25) is 5.91 Å². The molecule has 0 spiro atoms. The number of carbonyl (C=O) groups excluding carboxylic acids is 1. The average molecular weight is 221 g/mol. The standard InChI is InChI=1S/C12H15NOS/c1-9(2)8-13-12(14)7-6-11-5-4-10(3)15-11/h4-7H,1,8H2,2-3H3,(H,13,14)/b7-6+. The molecule has 2 nitrogen and oxygen atoms in total. The van der Waals surface area contributed by atoms with E-state index >= 15 is 0 Å². The fraction of sp³-hybridized carbons (Fsp3) is 0.250. The first-order chi connectivity index (χ1) is 7.08. The van der Waals surface area contributed by atoms with Gasteiger partial charge < -0.3 is 5.32 Å². The number of rotatable bonds is 4. The summed E-state index contributed by atoms with van der Waals surface area (Å²) in [4.78, 5) is 13.6. The Bertz CT molecular complexity index is 390. The molecule has 0 saturated carbocycles. The van der Waals surface area contributed by atoms with Crippen molar-refractivity contribution < 1.29 is 4.79 Å². The van der Waals surface area contributed by atoms with E-state index in [-0.39, 0.29) is 5.91 Å². The van der Waals surface area contributed by atoms with Gasteiger partial charge in [0.25, 0.3) is 0 Å². The van der Waals surface area contributed by atoms with Crippen LogP contribution >= 0.6 is 11.3 Å². The zero-order valence-corrected chi connectivity index (χ0v) is 9.86. The van der Waals surface area contributed by atoms with Crippen molar-refractivity contribution in [3.63, 3.8) is 0 Å². The summed E-state index contributed by atoms with van der Waals surface area (Å²) < 4.78 is 0. The monoisotopic (exact) mass is 221 g/mol. The number of hydrogen-bond donors (Lipinski definition) is 1. The molecule has 1 aromatic rings. The van der Waals surface area contributed by atoms with Gasteiger partial charge in [0, 0.05) is 22.4 Å². The maximum absolute atomic E-state index is 11.3. The fourth-order valence-corrected chi connectivity index (χ4v) is 1.78. The van der Waals surface area contributed by atoms with Crippen LogP contribution in [0.3, 0.4) is 0 Å². The average Bonchev–Trinajstić information content (AvgIpc) is 2.58. The summed E-state index contributed by atoms with van der Waals surface area (Å²) in [6.07, 6.45) is 3.37. The van der Waals surface area contributed by atoms with Crippen molar-refractivity contribution in [2.24, 2.45) is 0 Å². The number of carbonyl (C=O) groups is 1.